The lowest BCUT2D eigenvalue weighted by atomic mass is 9.89. The molecule has 1 aliphatic heterocycles. The van der Waals surface area contributed by atoms with Crippen LogP contribution >= 0.6 is 0 Å². The van der Waals surface area contributed by atoms with E-state index < -0.39 is 0 Å². The van der Waals surface area contributed by atoms with Crippen molar-refractivity contribution in [3.63, 3.8) is 0 Å². The van der Waals surface area contributed by atoms with Gasteiger partial charge in [0.1, 0.15) is 5.82 Å². The molecular formula is C36H34N2. The smallest absolute Gasteiger partial charge is 0.123 e. The molecule has 0 amide bonds. The van der Waals surface area contributed by atoms with Gasteiger partial charge in [-0.15, -0.1) is 0 Å². The molecular weight excluding hydrogens is 460 g/mol. The minimum atomic E-state index is 0.101. The first kappa shape index (κ1) is 24.3. The van der Waals surface area contributed by atoms with Crippen LogP contribution in [0.1, 0.15) is 56.0 Å². The van der Waals surface area contributed by atoms with Crippen molar-refractivity contribution in [2.24, 2.45) is 0 Å². The third-order valence-corrected chi connectivity index (χ3v) is 7.78. The summed E-state index contributed by atoms with van der Waals surface area (Å²) in [5.74, 6) is 1.25. The fourth-order valence-corrected chi connectivity index (χ4v) is 6.53. The largest absolute Gasteiger partial charge is 0.301 e. The van der Waals surface area contributed by atoms with Crippen LogP contribution < -0.4 is 9.80 Å². The second-order valence-electron chi connectivity index (χ2n) is 10.8. The Morgan fingerprint density at radius 3 is 1.58 bits per heavy atom. The molecule has 4 aromatic rings. The number of benzene rings is 4. The van der Waals surface area contributed by atoms with Crippen LogP contribution in [0.25, 0.3) is 0 Å². The summed E-state index contributed by atoms with van der Waals surface area (Å²) >= 11 is 0. The first-order valence-electron chi connectivity index (χ1n) is 13.4. The van der Waals surface area contributed by atoms with E-state index in [0.717, 1.165) is 5.82 Å². The van der Waals surface area contributed by atoms with E-state index in [2.05, 4.69) is 149 Å². The first-order chi connectivity index (χ1) is 18.3. The van der Waals surface area contributed by atoms with Gasteiger partial charge in [-0.05, 0) is 86.1 Å². The maximum absolute atomic E-state index is 3.88. The zero-order valence-corrected chi connectivity index (χ0v) is 23.1. The van der Waals surface area contributed by atoms with Crippen LogP contribution in [0.5, 0.6) is 0 Å². The summed E-state index contributed by atoms with van der Waals surface area (Å²) < 4.78 is 0. The Hall–Kier alpha value is -4.04. The summed E-state index contributed by atoms with van der Waals surface area (Å²) in [7, 11) is 0. The average molecular weight is 495 g/mol. The molecule has 2 nitrogen and oxygen atoms in total. The van der Waals surface area contributed by atoms with Gasteiger partial charge in [0, 0.05) is 18.3 Å². The average Bonchev–Trinajstić information content (AvgIpc) is 3.45. The van der Waals surface area contributed by atoms with Crippen molar-refractivity contribution in [2.45, 2.75) is 47.5 Å². The van der Waals surface area contributed by atoms with Crippen LogP contribution in [0, 0.1) is 48.0 Å². The van der Waals surface area contributed by atoms with Gasteiger partial charge in [0.2, 0.25) is 0 Å². The highest BCUT2D eigenvalue weighted by Crippen LogP contribution is 2.49. The maximum atomic E-state index is 3.88. The molecule has 38 heavy (non-hydrogen) atoms. The molecule has 0 fully saturated rings. The van der Waals surface area contributed by atoms with Crippen LogP contribution in [0.15, 0.2) is 103 Å². The van der Waals surface area contributed by atoms with Crippen molar-refractivity contribution >= 4 is 11.4 Å². The molecule has 2 radical (unpaired) electrons. The number of rotatable bonds is 3. The van der Waals surface area contributed by atoms with E-state index in [9.17, 15) is 0 Å². The highest BCUT2D eigenvalue weighted by molar-refractivity contribution is 5.79. The van der Waals surface area contributed by atoms with Crippen molar-refractivity contribution < 1.29 is 0 Å². The quantitative estimate of drug-likeness (QED) is 0.281. The highest BCUT2D eigenvalue weighted by atomic mass is 15.4. The Bertz CT molecular complexity index is 1490. The van der Waals surface area contributed by atoms with Crippen LogP contribution in [0.4, 0.5) is 11.4 Å². The predicted molar refractivity (Wildman–Crippen MR) is 160 cm³/mol. The van der Waals surface area contributed by atoms with Crippen molar-refractivity contribution in [1.82, 2.24) is 0 Å². The maximum Gasteiger partial charge on any atom is 0.123 e. The lowest BCUT2D eigenvalue weighted by Crippen LogP contribution is -2.27. The molecule has 1 aliphatic carbocycles. The molecule has 1 unspecified atom stereocenters. The predicted octanol–water partition coefficient (Wildman–Crippen LogP) is 8.82. The number of nitrogens with zero attached hydrogens (tertiary/aromatic N) is 2. The van der Waals surface area contributed by atoms with E-state index in [1.165, 1.54) is 67.0 Å². The van der Waals surface area contributed by atoms with Gasteiger partial charge in [-0.3, -0.25) is 0 Å². The summed E-state index contributed by atoms with van der Waals surface area (Å²) in [6.07, 6.45) is 8.35. The third kappa shape index (κ3) is 3.96. The molecule has 4 aromatic carbocycles. The Balaban J connectivity index is 1.65. The van der Waals surface area contributed by atoms with E-state index >= 15 is 0 Å². The second kappa shape index (κ2) is 9.36. The SMILES string of the molecule is Cc1cc(C)c(N2C=CN(c3c(C)cc(C)cc3C)C2=C2[C]c3ccccc3C2c2ccccc2)c(C)c1. The fourth-order valence-electron chi connectivity index (χ4n) is 6.53. The fraction of sp³-hybridized carbons (Fsp3) is 0.194. The highest BCUT2D eigenvalue weighted by Gasteiger charge is 2.38. The monoisotopic (exact) mass is 494 g/mol. The standard InChI is InChI=1S/C36H34N2/c1-23-18-25(3)34(26(4)19-23)37-16-17-38(35-27(5)20-24(2)21-28(35)6)36(37)32-22-30-14-10-11-15-31(30)33(32)29-12-8-7-9-13-29/h7-21,33H,1-6H3. The molecule has 0 bridgehead atoms. The molecule has 0 N–H and O–H groups in total. The minimum Gasteiger partial charge on any atom is -0.301 e. The van der Waals surface area contributed by atoms with Crippen molar-refractivity contribution in [3.8, 4) is 0 Å². The van der Waals surface area contributed by atoms with E-state index in [1.807, 2.05) is 0 Å². The molecule has 6 rings (SSSR count). The van der Waals surface area contributed by atoms with Gasteiger partial charge in [-0.2, -0.15) is 0 Å². The molecule has 0 spiro atoms. The molecule has 0 aromatic heterocycles. The number of fused-ring (bicyclic) bond motifs is 1. The number of hydrogen-bond donors (Lipinski definition) is 0. The Morgan fingerprint density at radius 1 is 0.579 bits per heavy atom. The number of allylic oxidation sites excluding steroid dienone is 1. The van der Waals surface area contributed by atoms with Crippen LogP contribution in [-0.2, 0) is 0 Å². The topological polar surface area (TPSA) is 6.48 Å². The van der Waals surface area contributed by atoms with E-state index in [4.69, 9.17) is 0 Å². The van der Waals surface area contributed by atoms with Crippen molar-refractivity contribution in [1.29, 1.82) is 0 Å². The van der Waals surface area contributed by atoms with Gasteiger partial charge in [0.05, 0.1) is 17.8 Å². The molecule has 2 aliphatic rings. The Labute approximate surface area is 227 Å². The Morgan fingerprint density at radius 2 is 1.05 bits per heavy atom. The summed E-state index contributed by atoms with van der Waals surface area (Å²) in [4.78, 5) is 4.79. The van der Waals surface area contributed by atoms with E-state index in [0.29, 0.717) is 0 Å². The summed E-state index contributed by atoms with van der Waals surface area (Å²) in [6, 6.07) is 28.7. The van der Waals surface area contributed by atoms with Gasteiger partial charge in [-0.25, -0.2) is 0 Å². The molecule has 188 valence electrons. The summed E-state index contributed by atoms with van der Waals surface area (Å²) in [6.45, 7) is 13.2. The van der Waals surface area contributed by atoms with Crippen molar-refractivity contribution in [3.05, 3.63) is 159 Å². The lowest BCUT2D eigenvalue weighted by Gasteiger charge is -2.32. The summed E-state index contributed by atoms with van der Waals surface area (Å²) in [5, 5.41) is 0. The van der Waals surface area contributed by atoms with Crippen molar-refractivity contribution in [2.75, 3.05) is 9.80 Å². The molecule has 1 atom stereocenters. The van der Waals surface area contributed by atoms with Gasteiger partial charge in [0.25, 0.3) is 0 Å². The molecule has 2 heteroatoms. The molecule has 1 heterocycles. The van der Waals surface area contributed by atoms with Gasteiger partial charge in [-0.1, -0.05) is 90.0 Å². The van der Waals surface area contributed by atoms with E-state index in [-0.39, 0.29) is 5.92 Å². The Kier molecular flexibility index (Phi) is 5.99. The van der Waals surface area contributed by atoms with Gasteiger partial charge < -0.3 is 9.80 Å². The summed E-state index contributed by atoms with van der Waals surface area (Å²) in [5.41, 5.74) is 15.1. The van der Waals surface area contributed by atoms with E-state index in [1.54, 1.807) is 0 Å². The zero-order chi connectivity index (χ0) is 26.6. The number of anilines is 2. The van der Waals surface area contributed by atoms with Crippen LogP contribution in [0.3, 0.4) is 0 Å². The zero-order valence-electron chi connectivity index (χ0n) is 23.1. The van der Waals surface area contributed by atoms with Crippen LogP contribution in [0.2, 0.25) is 0 Å². The second-order valence-corrected chi connectivity index (χ2v) is 10.8. The lowest BCUT2D eigenvalue weighted by molar-refractivity contribution is 0.945. The van der Waals surface area contributed by atoms with Crippen LogP contribution in [-0.4, -0.2) is 0 Å². The first-order valence-corrected chi connectivity index (χ1v) is 13.4. The normalized spacial score (nSPS) is 16.5. The molecule has 0 saturated carbocycles. The third-order valence-electron chi connectivity index (χ3n) is 7.78. The van der Waals surface area contributed by atoms with Gasteiger partial charge in [0.15, 0.2) is 0 Å². The van der Waals surface area contributed by atoms with Gasteiger partial charge >= 0.3 is 0 Å². The number of hydrogen-bond acceptors (Lipinski definition) is 2. The minimum absolute atomic E-state index is 0.101. The molecule has 0 saturated heterocycles. The number of aryl methyl sites for hydroxylation is 6.